The first-order valence-electron chi connectivity index (χ1n) is 7.14. The quantitative estimate of drug-likeness (QED) is 0.877. The topological polar surface area (TPSA) is 24.9 Å². The minimum atomic E-state index is 0.657. The standard InChI is InChI=1S/C15H24N2S/c1-3-12-8-9-13(16-4-2)14(11-12)18-15-7-5-6-10-17-15/h5-7,10,12-14,16H,3-4,8-9,11H2,1-2H3. The van der Waals surface area contributed by atoms with Gasteiger partial charge in [0.2, 0.25) is 0 Å². The number of rotatable bonds is 5. The monoisotopic (exact) mass is 264 g/mol. The SMILES string of the molecule is CCNC1CCC(CC)CC1Sc1ccccn1. The Balaban J connectivity index is 2.00. The molecule has 1 aromatic heterocycles. The van der Waals surface area contributed by atoms with Gasteiger partial charge in [0.15, 0.2) is 0 Å². The van der Waals surface area contributed by atoms with E-state index in [4.69, 9.17) is 0 Å². The van der Waals surface area contributed by atoms with Crippen molar-refractivity contribution >= 4 is 11.8 Å². The highest BCUT2D eigenvalue weighted by Gasteiger charge is 2.30. The molecule has 0 radical (unpaired) electrons. The number of aromatic nitrogens is 1. The zero-order valence-electron chi connectivity index (χ0n) is 11.4. The van der Waals surface area contributed by atoms with Gasteiger partial charge in [-0.2, -0.15) is 0 Å². The highest BCUT2D eigenvalue weighted by Crippen LogP contribution is 2.36. The van der Waals surface area contributed by atoms with Crippen LogP contribution in [0.3, 0.4) is 0 Å². The van der Waals surface area contributed by atoms with Crippen LogP contribution in [0.5, 0.6) is 0 Å². The van der Waals surface area contributed by atoms with Crippen molar-refractivity contribution in [1.29, 1.82) is 0 Å². The summed E-state index contributed by atoms with van der Waals surface area (Å²) < 4.78 is 0. The van der Waals surface area contributed by atoms with Gasteiger partial charge in [0, 0.05) is 17.5 Å². The molecule has 1 heterocycles. The van der Waals surface area contributed by atoms with Crippen molar-refractivity contribution in [3.63, 3.8) is 0 Å². The number of pyridine rings is 1. The Labute approximate surface area is 115 Å². The summed E-state index contributed by atoms with van der Waals surface area (Å²) in [6, 6.07) is 6.85. The maximum Gasteiger partial charge on any atom is 0.0963 e. The molecule has 2 nitrogen and oxygen atoms in total. The van der Waals surface area contributed by atoms with Gasteiger partial charge in [0.05, 0.1) is 5.03 Å². The van der Waals surface area contributed by atoms with Crippen LogP contribution in [-0.4, -0.2) is 22.8 Å². The maximum atomic E-state index is 4.45. The summed E-state index contributed by atoms with van der Waals surface area (Å²) in [5.41, 5.74) is 0. The first-order chi connectivity index (χ1) is 8.83. The van der Waals surface area contributed by atoms with Gasteiger partial charge in [-0.1, -0.05) is 26.3 Å². The molecule has 0 spiro atoms. The Morgan fingerprint density at radius 1 is 1.33 bits per heavy atom. The minimum absolute atomic E-state index is 0.657. The number of hydrogen-bond acceptors (Lipinski definition) is 3. The van der Waals surface area contributed by atoms with E-state index in [1.807, 2.05) is 24.0 Å². The predicted molar refractivity (Wildman–Crippen MR) is 79.0 cm³/mol. The first kappa shape index (κ1) is 13.9. The van der Waals surface area contributed by atoms with Gasteiger partial charge in [-0.3, -0.25) is 0 Å². The summed E-state index contributed by atoms with van der Waals surface area (Å²) in [5, 5.41) is 5.50. The van der Waals surface area contributed by atoms with Crippen molar-refractivity contribution in [2.24, 2.45) is 5.92 Å². The molecule has 3 heteroatoms. The van der Waals surface area contributed by atoms with E-state index in [-0.39, 0.29) is 0 Å². The largest absolute Gasteiger partial charge is 0.313 e. The Bertz CT molecular complexity index is 342. The Kier molecular flexibility index (Phi) is 5.51. The fourth-order valence-corrected chi connectivity index (χ4v) is 4.13. The molecular weight excluding hydrogens is 240 g/mol. The molecule has 3 atom stereocenters. The second kappa shape index (κ2) is 7.15. The molecule has 0 saturated heterocycles. The van der Waals surface area contributed by atoms with E-state index in [9.17, 15) is 0 Å². The van der Waals surface area contributed by atoms with Crippen LogP contribution in [0.15, 0.2) is 29.4 Å². The average molecular weight is 264 g/mol. The summed E-state index contributed by atoms with van der Waals surface area (Å²) in [5.74, 6) is 0.904. The molecule has 0 aromatic carbocycles. The molecule has 3 unspecified atom stereocenters. The van der Waals surface area contributed by atoms with Crippen LogP contribution >= 0.6 is 11.8 Å². The molecule has 1 aliphatic carbocycles. The van der Waals surface area contributed by atoms with Gasteiger partial charge in [0.1, 0.15) is 0 Å². The first-order valence-corrected chi connectivity index (χ1v) is 8.02. The van der Waals surface area contributed by atoms with Crippen molar-refractivity contribution in [1.82, 2.24) is 10.3 Å². The maximum absolute atomic E-state index is 4.45. The smallest absolute Gasteiger partial charge is 0.0963 e. The van der Waals surface area contributed by atoms with E-state index >= 15 is 0 Å². The molecular formula is C15H24N2S. The van der Waals surface area contributed by atoms with Crippen LogP contribution in [-0.2, 0) is 0 Å². The summed E-state index contributed by atoms with van der Waals surface area (Å²) in [7, 11) is 0. The third-order valence-corrected chi connectivity index (χ3v) is 5.16. The zero-order valence-corrected chi connectivity index (χ0v) is 12.2. The van der Waals surface area contributed by atoms with Crippen molar-refractivity contribution in [3.05, 3.63) is 24.4 Å². The molecule has 0 amide bonds. The Morgan fingerprint density at radius 3 is 2.89 bits per heavy atom. The molecule has 100 valence electrons. The van der Waals surface area contributed by atoms with E-state index in [0.717, 1.165) is 12.5 Å². The van der Waals surface area contributed by atoms with Crippen molar-refractivity contribution < 1.29 is 0 Å². The van der Waals surface area contributed by atoms with Crippen molar-refractivity contribution in [3.8, 4) is 0 Å². The fraction of sp³-hybridized carbons (Fsp3) is 0.667. The van der Waals surface area contributed by atoms with Crippen LogP contribution in [0.2, 0.25) is 0 Å². The second-order valence-corrected chi connectivity index (χ2v) is 6.34. The molecule has 1 saturated carbocycles. The normalized spacial score (nSPS) is 28.2. The van der Waals surface area contributed by atoms with E-state index < -0.39 is 0 Å². The minimum Gasteiger partial charge on any atom is -0.313 e. The van der Waals surface area contributed by atoms with Crippen LogP contribution in [0, 0.1) is 5.92 Å². The molecule has 18 heavy (non-hydrogen) atoms. The van der Waals surface area contributed by atoms with Crippen LogP contribution < -0.4 is 5.32 Å². The lowest BCUT2D eigenvalue weighted by Crippen LogP contribution is -2.42. The lowest BCUT2D eigenvalue weighted by atomic mass is 9.84. The molecule has 1 aliphatic rings. The molecule has 1 aromatic rings. The molecule has 1 fully saturated rings. The third-order valence-electron chi connectivity index (χ3n) is 3.85. The highest BCUT2D eigenvalue weighted by atomic mass is 32.2. The lowest BCUT2D eigenvalue weighted by molar-refractivity contribution is 0.297. The molecule has 1 N–H and O–H groups in total. The van der Waals surface area contributed by atoms with Crippen LogP contribution in [0.4, 0.5) is 0 Å². The summed E-state index contributed by atoms with van der Waals surface area (Å²) in [6.45, 7) is 5.59. The molecule has 0 aliphatic heterocycles. The number of thioether (sulfide) groups is 1. The zero-order chi connectivity index (χ0) is 12.8. The summed E-state index contributed by atoms with van der Waals surface area (Å²) in [4.78, 5) is 4.45. The van der Waals surface area contributed by atoms with Gasteiger partial charge in [-0.15, -0.1) is 11.8 Å². The predicted octanol–water partition coefficient (Wildman–Crippen LogP) is 3.73. The van der Waals surface area contributed by atoms with Crippen LogP contribution in [0.1, 0.15) is 39.5 Å². The highest BCUT2D eigenvalue weighted by molar-refractivity contribution is 7.99. The summed E-state index contributed by atoms with van der Waals surface area (Å²) in [6.07, 6.45) is 7.24. The van der Waals surface area contributed by atoms with Gasteiger partial charge in [-0.25, -0.2) is 4.98 Å². The van der Waals surface area contributed by atoms with Gasteiger partial charge < -0.3 is 5.32 Å². The van der Waals surface area contributed by atoms with Crippen molar-refractivity contribution in [2.45, 2.75) is 55.8 Å². The number of hydrogen-bond donors (Lipinski definition) is 1. The Morgan fingerprint density at radius 2 is 2.22 bits per heavy atom. The number of nitrogens with one attached hydrogen (secondary N) is 1. The molecule has 2 rings (SSSR count). The summed E-state index contributed by atoms with van der Waals surface area (Å²) >= 11 is 1.96. The fourth-order valence-electron chi connectivity index (χ4n) is 2.78. The van der Waals surface area contributed by atoms with Crippen LogP contribution in [0.25, 0.3) is 0 Å². The van der Waals surface area contributed by atoms with Crippen molar-refractivity contribution in [2.75, 3.05) is 6.54 Å². The second-order valence-electron chi connectivity index (χ2n) is 5.08. The third kappa shape index (κ3) is 3.72. The average Bonchev–Trinajstić information content (AvgIpc) is 2.42. The van der Waals surface area contributed by atoms with Gasteiger partial charge in [-0.05, 0) is 43.9 Å². The van der Waals surface area contributed by atoms with Gasteiger partial charge in [0.25, 0.3) is 0 Å². The van der Waals surface area contributed by atoms with E-state index in [0.29, 0.717) is 11.3 Å². The lowest BCUT2D eigenvalue weighted by Gasteiger charge is -2.35. The van der Waals surface area contributed by atoms with Gasteiger partial charge >= 0.3 is 0 Å². The Hall–Kier alpha value is -0.540. The van der Waals surface area contributed by atoms with E-state index in [2.05, 4.69) is 36.3 Å². The molecule has 0 bridgehead atoms. The van der Waals surface area contributed by atoms with E-state index in [1.54, 1.807) is 0 Å². The van der Waals surface area contributed by atoms with E-state index in [1.165, 1.54) is 30.7 Å². The number of nitrogens with zero attached hydrogens (tertiary/aromatic N) is 1.